The smallest absolute Gasteiger partial charge is 0.131 e. The second kappa shape index (κ2) is 16.0. The van der Waals surface area contributed by atoms with Crippen molar-refractivity contribution in [1.29, 1.82) is 0 Å². The van der Waals surface area contributed by atoms with Crippen molar-refractivity contribution in [2.75, 3.05) is 19.6 Å². The van der Waals surface area contributed by atoms with Gasteiger partial charge < -0.3 is 16.0 Å². The van der Waals surface area contributed by atoms with E-state index >= 15 is 0 Å². The topological polar surface area (TPSA) is 66.0 Å². The van der Waals surface area contributed by atoms with Crippen LogP contribution in [0.5, 0.6) is 0 Å². The molecule has 1 aromatic rings. The zero-order valence-electron chi connectivity index (χ0n) is 20.8. The number of benzene rings is 1. The van der Waals surface area contributed by atoms with E-state index in [4.69, 9.17) is 0 Å². The Labute approximate surface area is 211 Å². The molecule has 0 spiro atoms. The van der Waals surface area contributed by atoms with E-state index in [1.165, 1.54) is 11.8 Å². The maximum absolute atomic E-state index is 4.61. The van der Waals surface area contributed by atoms with Crippen LogP contribution in [0.4, 0.5) is 0 Å². The number of hydrogen-bond acceptors (Lipinski definition) is 4. The Kier molecular flexibility index (Phi) is 12.6. The van der Waals surface area contributed by atoms with Gasteiger partial charge in [0.1, 0.15) is 5.84 Å². The molecule has 5 nitrogen and oxygen atoms in total. The Bertz CT molecular complexity index is 987. The number of piperidine rings is 1. The Balaban J connectivity index is 0.00000137. The van der Waals surface area contributed by atoms with Gasteiger partial charge in [-0.15, -0.1) is 0 Å². The number of likely N-dealkylation sites (tertiary alicyclic amines) is 1. The summed E-state index contributed by atoms with van der Waals surface area (Å²) in [5, 5.41) is 3.55. The molecule has 2 heterocycles. The number of rotatable bonds is 10. The predicted molar refractivity (Wildman–Crippen MR) is 153 cm³/mol. The normalized spacial score (nSPS) is 17.3. The SMILES string of the molecule is C=C(/C=C\C(=C)C(=C)/C=C\N=C1CC=CC=N1)NC1CCN(CCc2ccccc2)CC1.C=CN. The number of nitrogens with two attached hydrogens (primary N) is 1. The van der Waals surface area contributed by atoms with Crippen LogP contribution < -0.4 is 11.1 Å². The van der Waals surface area contributed by atoms with Crippen molar-refractivity contribution in [3.8, 4) is 0 Å². The molecule has 0 aliphatic carbocycles. The van der Waals surface area contributed by atoms with E-state index in [0.717, 1.165) is 68.0 Å². The molecule has 35 heavy (non-hydrogen) atoms. The highest BCUT2D eigenvalue weighted by Gasteiger charge is 2.18. The van der Waals surface area contributed by atoms with Crippen LogP contribution >= 0.6 is 0 Å². The third-order valence-electron chi connectivity index (χ3n) is 5.68. The molecule has 0 atom stereocenters. The molecule has 2 aliphatic rings. The van der Waals surface area contributed by atoms with Crippen molar-refractivity contribution in [3.05, 3.63) is 122 Å². The summed E-state index contributed by atoms with van der Waals surface area (Å²) in [7, 11) is 0. The first kappa shape index (κ1) is 27.5. The molecular formula is C30H39N5. The second-order valence-electron chi connectivity index (χ2n) is 8.41. The van der Waals surface area contributed by atoms with Gasteiger partial charge in [0.05, 0.1) is 0 Å². The lowest BCUT2D eigenvalue weighted by molar-refractivity contribution is 0.205. The molecule has 184 valence electrons. The summed E-state index contributed by atoms with van der Waals surface area (Å²) in [6.07, 6.45) is 18.6. The first-order valence-corrected chi connectivity index (χ1v) is 12.0. The Morgan fingerprint density at radius 1 is 1.09 bits per heavy atom. The number of nitrogens with one attached hydrogen (secondary N) is 1. The van der Waals surface area contributed by atoms with Crippen LogP contribution in [0.15, 0.2) is 126 Å². The number of allylic oxidation sites excluding steroid dienone is 6. The molecule has 0 bridgehead atoms. The van der Waals surface area contributed by atoms with Gasteiger partial charge in [0.15, 0.2) is 0 Å². The highest BCUT2D eigenvalue weighted by atomic mass is 15.1. The Hall–Kier alpha value is -3.70. The second-order valence-corrected chi connectivity index (χ2v) is 8.41. The van der Waals surface area contributed by atoms with E-state index in [9.17, 15) is 0 Å². The first-order chi connectivity index (χ1) is 17.0. The molecule has 5 heteroatoms. The fraction of sp³-hybridized carbons (Fsp3) is 0.267. The molecule has 2 aliphatic heterocycles. The maximum Gasteiger partial charge on any atom is 0.131 e. The molecule has 0 saturated carbocycles. The third kappa shape index (κ3) is 11.3. The van der Waals surface area contributed by atoms with E-state index in [2.05, 4.69) is 82.6 Å². The van der Waals surface area contributed by atoms with Gasteiger partial charge >= 0.3 is 0 Å². The predicted octanol–water partition coefficient (Wildman–Crippen LogP) is 5.50. The molecule has 0 amide bonds. The van der Waals surface area contributed by atoms with Gasteiger partial charge in [-0.25, -0.2) is 9.98 Å². The minimum absolute atomic E-state index is 0.470. The zero-order chi connectivity index (χ0) is 25.3. The zero-order valence-corrected chi connectivity index (χ0v) is 20.8. The Morgan fingerprint density at radius 2 is 1.77 bits per heavy atom. The van der Waals surface area contributed by atoms with Gasteiger partial charge in [-0.3, -0.25) is 0 Å². The largest absolute Gasteiger partial charge is 0.405 e. The lowest BCUT2D eigenvalue weighted by atomic mass is 10.0. The lowest BCUT2D eigenvalue weighted by Crippen LogP contribution is -2.42. The molecule has 0 radical (unpaired) electrons. The van der Waals surface area contributed by atoms with Crippen molar-refractivity contribution in [2.24, 2.45) is 15.7 Å². The first-order valence-electron chi connectivity index (χ1n) is 12.0. The van der Waals surface area contributed by atoms with E-state index < -0.39 is 0 Å². The summed E-state index contributed by atoms with van der Waals surface area (Å²) in [6.45, 7) is 18.8. The average molecular weight is 470 g/mol. The van der Waals surface area contributed by atoms with E-state index in [0.29, 0.717) is 6.04 Å². The van der Waals surface area contributed by atoms with E-state index in [1.54, 1.807) is 12.4 Å². The summed E-state index contributed by atoms with van der Waals surface area (Å²) < 4.78 is 0. The van der Waals surface area contributed by atoms with Gasteiger partial charge in [-0.1, -0.05) is 68.8 Å². The molecule has 1 saturated heterocycles. The highest BCUT2D eigenvalue weighted by molar-refractivity contribution is 5.96. The lowest BCUT2D eigenvalue weighted by Gasteiger charge is -2.33. The van der Waals surface area contributed by atoms with Crippen LogP contribution in [-0.4, -0.2) is 42.6 Å². The number of amidine groups is 1. The van der Waals surface area contributed by atoms with Gasteiger partial charge in [0.2, 0.25) is 0 Å². The van der Waals surface area contributed by atoms with Gasteiger partial charge in [0, 0.05) is 50.2 Å². The summed E-state index contributed by atoms with van der Waals surface area (Å²) in [6, 6.07) is 11.2. The number of aliphatic imine (C=N–C) groups is 2. The van der Waals surface area contributed by atoms with Crippen LogP contribution in [0.1, 0.15) is 24.8 Å². The monoisotopic (exact) mass is 469 g/mol. The number of dihydropyridines is 1. The van der Waals surface area contributed by atoms with E-state index in [1.807, 2.05) is 30.4 Å². The van der Waals surface area contributed by atoms with Crippen molar-refractivity contribution < 1.29 is 0 Å². The quantitative estimate of drug-likeness (QED) is 0.445. The molecule has 1 fully saturated rings. The molecule has 0 aromatic heterocycles. The molecule has 3 rings (SSSR count). The van der Waals surface area contributed by atoms with Crippen LogP contribution in [0.25, 0.3) is 0 Å². The summed E-state index contributed by atoms with van der Waals surface area (Å²) in [5.41, 5.74) is 8.59. The number of hydrogen-bond donors (Lipinski definition) is 2. The minimum atomic E-state index is 0.470. The average Bonchev–Trinajstić information content (AvgIpc) is 2.88. The van der Waals surface area contributed by atoms with Crippen LogP contribution in [0.2, 0.25) is 0 Å². The van der Waals surface area contributed by atoms with Crippen molar-refractivity contribution >= 4 is 12.1 Å². The molecule has 0 unspecified atom stereocenters. The fourth-order valence-corrected chi connectivity index (χ4v) is 3.67. The summed E-state index contributed by atoms with van der Waals surface area (Å²) >= 11 is 0. The summed E-state index contributed by atoms with van der Waals surface area (Å²) in [4.78, 5) is 11.1. The highest BCUT2D eigenvalue weighted by Crippen LogP contribution is 2.14. The maximum atomic E-state index is 4.61. The molecular weight excluding hydrogens is 430 g/mol. The standard InChI is InChI=1S/C28H34N4.C2H5N/c1-23(24(2)14-19-30-28-11-7-8-18-29-28)12-13-25(3)31-27-16-21-32(22-17-27)20-15-26-9-5-4-6-10-26;1-2-3/h4-10,12-14,18-19,27,31H,1-3,11,15-17,20-22H2;2H,1,3H2/b13-12-,19-14-,30-28?;. The van der Waals surface area contributed by atoms with Crippen LogP contribution in [0, 0.1) is 0 Å². The molecule has 1 aromatic carbocycles. The van der Waals surface area contributed by atoms with Crippen LogP contribution in [0.3, 0.4) is 0 Å². The van der Waals surface area contributed by atoms with Gasteiger partial charge in [-0.2, -0.15) is 0 Å². The van der Waals surface area contributed by atoms with Crippen molar-refractivity contribution in [1.82, 2.24) is 10.2 Å². The van der Waals surface area contributed by atoms with Gasteiger partial charge in [-0.05, 0) is 60.4 Å². The van der Waals surface area contributed by atoms with Crippen molar-refractivity contribution in [3.63, 3.8) is 0 Å². The van der Waals surface area contributed by atoms with E-state index in [-0.39, 0.29) is 0 Å². The van der Waals surface area contributed by atoms with Gasteiger partial charge in [0.25, 0.3) is 0 Å². The van der Waals surface area contributed by atoms with Crippen molar-refractivity contribution in [2.45, 2.75) is 31.7 Å². The van der Waals surface area contributed by atoms with Crippen LogP contribution in [-0.2, 0) is 6.42 Å². The fourth-order valence-electron chi connectivity index (χ4n) is 3.67. The minimum Gasteiger partial charge on any atom is -0.405 e. The number of nitrogens with zero attached hydrogens (tertiary/aromatic N) is 3. The molecule has 3 N–H and O–H groups in total. The Morgan fingerprint density at radius 3 is 2.43 bits per heavy atom. The summed E-state index contributed by atoms with van der Waals surface area (Å²) in [5.74, 6) is 0.793. The third-order valence-corrected chi connectivity index (χ3v) is 5.68.